The van der Waals surface area contributed by atoms with Crippen molar-refractivity contribution in [2.24, 2.45) is 0 Å². The summed E-state index contributed by atoms with van der Waals surface area (Å²) in [6.45, 7) is 3.35. The zero-order chi connectivity index (χ0) is 14.0. The normalized spacial score (nSPS) is 14.1. The van der Waals surface area contributed by atoms with Gasteiger partial charge in [-0.15, -0.1) is 5.10 Å². The van der Waals surface area contributed by atoms with Crippen LogP contribution in [0.4, 0.5) is 0 Å². The molecule has 0 saturated carbocycles. The molecule has 0 bridgehead atoms. The van der Waals surface area contributed by atoms with Crippen LogP contribution in [0, 0.1) is 0 Å². The summed E-state index contributed by atoms with van der Waals surface area (Å²) in [5.41, 5.74) is -0.705. The van der Waals surface area contributed by atoms with Crippen LogP contribution in [0.25, 0.3) is 11.5 Å². The van der Waals surface area contributed by atoms with Gasteiger partial charge in [0.2, 0.25) is 5.82 Å². The number of rotatable bonds is 4. The molecule has 0 aliphatic heterocycles. The topological polar surface area (TPSA) is 93.8 Å². The summed E-state index contributed by atoms with van der Waals surface area (Å²) >= 11 is 3.36. The van der Waals surface area contributed by atoms with E-state index >= 15 is 0 Å². The molecule has 0 saturated heterocycles. The van der Waals surface area contributed by atoms with Gasteiger partial charge in [0.25, 0.3) is 0 Å². The predicted octanol–water partition coefficient (Wildman–Crippen LogP) is 1.71. The summed E-state index contributed by atoms with van der Waals surface area (Å²) in [4.78, 5) is 15.7. The minimum Gasteiger partial charge on any atom is -0.479 e. The average molecular weight is 326 g/mol. The maximum absolute atomic E-state index is 11.5. The fourth-order valence-electron chi connectivity index (χ4n) is 1.61. The minimum atomic E-state index is -1.21. The zero-order valence-corrected chi connectivity index (χ0v) is 12.0. The number of aromatic nitrogens is 5. The van der Waals surface area contributed by atoms with Gasteiger partial charge in [-0.2, -0.15) is 0 Å². The molecule has 1 unspecified atom stereocenters. The molecule has 0 aliphatic rings. The highest BCUT2D eigenvalue weighted by atomic mass is 79.9. The van der Waals surface area contributed by atoms with Crippen molar-refractivity contribution in [3.05, 3.63) is 22.8 Å². The van der Waals surface area contributed by atoms with Gasteiger partial charge in [-0.1, -0.05) is 6.92 Å². The lowest BCUT2D eigenvalue weighted by atomic mass is 9.99. The summed E-state index contributed by atoms with van der Waals surface area (Å²) in [7, 11) is 0. The lowest BCUT2D eigenvalue weighted by molar-refractivity contribution is -0.147. The Kier molecular flexibility index (Phi) is 3.61. The molecular weight excluding hydrogens is 314 g/mol. The Morgan fingerprint density at radius 1 is 1.58 bits per heavy atom. The van der Waals surface area contributed by atoms with E-state index in [0.717, 1.165) is 0 Å². The van der Waals surface area contributed by atoms with Crippen LogP contribution in [0.3, 0.4) is 0 Å². The number of nitrogens with zero attached hydrogens (tertiary/aromatic N) is 5. The van der Waals surface area contributed by atoms with E-state index in [-0.39, 0.29) is 0 Å². The van der Waals surface area contributed by atoms with Gasteiger partial charge < -0.3 is 5.11 Å². The van der Waals surface area contributed by atoms with Crippen LogP contribution in [0.1, 0.15) is 20.3 Å². The molecule has 0 aliphatic carbocycles. The number of aliphatic carboxylic acids is 1. The first kappa shape index (κ1) is 13.6. The van der Waals surface area contributed by atoms with Crippen molar-refractivity contribution in [2.75, 3.05) is 0 Å². The molecule has 8 heteroatoms. The van der Waals surface area contributed by atoms with Gasteiger partial charge in [-0.25, -0.2) is 9.48 Å². The van der Waals surface area contributed by atoms with Crippen molar-refractivity contribution in [1.82, 2.24) is 25.2 Å². The number of tetrazole rings is 1. The highest BCUT2D eigenvalue weighted by molar-refractivity contribution is 9.10. The summed E-state index contributed by atoms with van der Waals surface area (Å²) < 4.78 is 2.00. The van der Waals surface area contributed by atoms with Crippen molar-refractivity contribution in [1.29, 1.82) is 0 Å². The third-order valence-corrected chi connectivity index (χ3v) is 3.70. The van der Waals surface area contributed by atoms with Crippen molar-refractivity contribution in [3.8, 4) is 11.5 Å². The standard InChI is InChI=1S/C11H12BrN5O2/c1-3-11(2,10(18)19)17-9(14-15-16-17)8-7(12)5-4-6-13-8/h4-6H,3H2,1-2H3,(H,18,19). The van der Waals surface area contributed by atoms with Crippen molar-refractivity contribution >= 4 is 21.9 Å². The number of carboxylic acids is 1. The van der Waals surface area contributed by atoms with Crippen molar-refractivity contribution in [3.63, 3.8) is 0 Å². The number of hydrogen-bond acceptors (Lipinski definition) is 5. The van der Waals surface area contributed by atoms with Gasteiger partial charge in [0.05, 0.1) is 0 Å². The van der Waals surface area contributed by atoms with Gasteiger partial charge in [0.15, 0.2) is 5.54 Å². The second-order valence-electron chi connectivity index (χ2n) is 4.18. The molecular formula is C11H12BrN5O2. The van der Waals surface area contributed by atoms with E-state index in [1.54, 1.807) is 32.2 Å². The van der Waals surface area contributed by atoms with Gasteiger partial charge in [0, 0.05) is 10.7 Å². The average Bonchev–Trinajstić information content (AvgIpc) is 2.87. The van der Waals surface area contributed by atoms with E-state index in [0.29, 0.717) is 22.4 Å². The third-order valence-electron chi connectivity index (χ3n) is 3.06. The smallest absolute Gasteiger partial charge is 0.331 e. The molecule has 0 aromatic carbocycles. The molecule has 2 aromatic rings. The van der Waals surface area contributed by atoms with Gasteiger partial charge in [0.1, 0.15) is 5.69 Å². The van der Waals surface area contributed by atoms with Crippen LogP contribution >= 0.6 is 15.9 Å². The van der Waals surface area contributed by atoms with Crippen LogP contribution in [-0.4, -0.2) is 36.3 Å². The number of hydrogen-bond donors (Lipinski definition) is 1. The molecule has 0 spiro atoms. The van der Waals surface area contributed by atoms with Gasteiger partial charge in [-0.05, 0) is 51.8 Å². The molecule has 100 valence electrons. The largest absolute Gasteiger partial charge is 0.479 e. The SMILES string of the molecule is CCC(C)(C(=O)O)n1nnnc1-c1ncccc1Br. The lowest BCUT2D eigenvalue weighted by Crippen LogP contribution is -2.39. The van der Waals surface area contributed by atoms with Crippen LogP contribution in [0.2, 0.25) is 0 Å². The first-order valence-corrected chi connectivity index (χ1v) is 6.43. The molecule has 0 amide bonds. The van der Waals surface area contributed by atoms with Gasteiger partial charge >= 0.3 is 5.97 Å². The Balaban J connectivity index is 2.61. The summed E-state index contributed by atoms with van der Waals surface area (Å²) in [5.74, 6) is -0.671. The number of pyridine rings is 1. The van der Waals surface area contributed by atoms with E-state index in [4.69, 9.17) is 0 Å². The molecule has 0 fully saturated rings. The molecule has 1 N–H and O–H groups in total. The number of halogens is 1. The third kappa shape index (κ3) is 2.23. The Morgan fingerprint density at radius 3 is 2.89 bits per heavy atom. The first-order chi connectivity index (χ1) is 9.00. The van der Waals surface area contributed by atoms with E-state index in [1.165, 1.54) is 4.68 Å². The van der Waals surface area contributed by atoms with Crippen LogP contribution < -0.4 is 0 Å². The highest BCUT2D eigenvalue weighted by Gasteiger charge is 2.37. The molecule has 0 radical (unpaired) electrons. The monoisotopic (exact) mass is 325 g/mol. The maximum Gasteiger partial charge on any atom is 0.331 e. The Morgan fingerprint density at radius 2 is 2.32 bits per heavy atom. The van der Waals surface area contributed by atoms with E-state index in [9.17, 15) is 9.90 Å². The minimum absolute atomic E-state index is 0.319. The highest BCUT2D eigenvalue weighted by Crippen LogP contribution is 2.28. The van der Waals surface area contributed by atoms with Gasteiger partial charge in [-0.3, -0.25) is 4.98 Å². The quantitative estimate of drug-likeness (QED) is 0.919. The van der Waals surface area contributed by atoms with E-state index in [2.05, 4.69) is 36.4 Å². The predicted molar refractivity (Wildman–Crippen MR) is 70.3 cm³/mol. The first-order valence-electron chi connectivity index (χ1n) is 5.64. The second-order valence-corrected chi connectivity index (χ2v) is 5.04. The molecule has 1 atom stereocenters. The Bertz CT molecular complexity index is 615. The fourth-order valence-corrected chi connectivity index (χ4v) is 2.04. The molecule has 2 heterocycles. The number of carbonyl (C=O) groups is 1. The molecule has 2 aromatic heterocycles. The summed E-state index contributed by atoms with van der Waals surface area (Å²) in [6, 6.07) is 3.56. The number of carboxylic acid groups (broad SMARTS) is 1. The van der Waals surface area contributed by atoms with E-state index in [1.807, 2.05) is 0 Å². The van der Waals surface area contributed by atoms with Crippen molar-refractivity contribution in [2.45, 2.75) is 25.8 Å². The van der Waals surface area contributed by atoms with Crippen LogP contribution in [0.15, 0.2) is 22.8 Å². The summed E-state index contributed by atoms with van der Waals surface area (Å²) in [5, 5.41) is 20.7. The molecule has 19 heavy (non-hydrogen) atoms. The zero-order valence-electron chi connectivity index (χ0n) is 10.4. The van der Waals surface area contributed by atoms with Crippen LogP contribution in [-0.2, 0) is 10.3 Å². The molecule has 2 rings (SSSR count). The van der Waals surface area contributed by atoms with Crippen molar-refractivity contribution < 1.29 is 9.90 Å². The summed E-state index contributed by atoms with van der Waals surface area (Å²) in [6.07, 6.45) is 1.95. The Labute approximate surface area is 117 Å². The van der Waals surface area contributed by atoms with E-state index < -0.39 is 11.5 Å². The molecule has 7 nitrogen and oxygen atoms in total. The Hall–Kier alpha value is -1.83. The lowest BCUT2D eigenvalue weighted by Gasteiger charge is -2.23. The van der Waals surface area contributed by atoms with Crippen LogP contribution in [0.5, 0.6) is 0 Å². The fraction of sp³-hybridized carbons (Fsp3) is 0.364. The second kappa shape index (κ2) is 5.04. The maximum atomic E-state index is 11.5.